The van der Waals surface area contributed by atoms with E-state index in [9.17, 15) is 9.90 Å². The summed E-state index contributed by atoms with van der Waals surface area (Å²) in [7, 11) is 0. The summed E-state index contributed by atoms with van der Waals surface area (Å²) in [4.78, 5) is 16.2. The van der Waals surface area contributed by atoms with Crippen LogP contribution in [0.25, 0.3) is 0 Å². The first-order valence-corrected chi connectivity index (χ1v) is 8.07. The molecule has 0 aliphatic rings. The molecular formula is C12H16N4O3S2. The summed E-state index contributed by atoms with van der Waals surface area (Å²) in [6.45, 7) is 5.59. The highest BCUT2D eigenvalue weighted by atomic mass is 32.2. The van der Waals surface area contributed by atoms with E-state index >= 15 is 0 Å². The monoisotopic (exact) mass is 328 g/mol. The Morgan fingerprint density at radius 1 is 1.43 bits per heavy atom. The third-order valence-electron chi connectivity index (χ3n) is 2.91. The summed E-state index contributed by atoms with van der Waals surface area (Å²) < 4.78 is 1.77. The fraction of sp³-hybridized carbons (Fsp3) is 0.500. The topological polar surface area (TPSA) is 101 Å². The summed E-state index contributed by atoms with van der Waals surface area (Å²) in [5, 5.41) is 27.6. The van der Waals surface area contributed by atoms with Crippen LogP contribution in [0.4, 0.5) is 0 Å². The number of thiazole rings is 1. The average molecular weight is 328 g/mol. The van der Waals surface area contributed by atoms with Crippen LogP contribution in [0.15, 0.2) is 5.16 Å². The Morgan fingerprint density at radius 2 is 2.14 bits per heavy atom. The molecule has 0 fully saturated rings. The largest absolute Gasteiger partial charge is 0.481 e. The lowest BCUT2D eigenvalue weighted by molar-refractivity contribution is -0.133. The first-order valence-electron chi connectivity index (χ1n) is 6.27. The molecule has 7 nitrogen and oxygen atoms in total. The number of rotatable bonds is 6. The maximum Gasteiger partial charge on any atom is 0.313 e. The fourth-order valence-electron chi connectivity index (χ4n) is 2.08. The highest BCUT2D eigenvalue weighted by Gasteiger charge is 2.22. The first kappa shape index (κ1) is 15.9. The number of nitrogens with zero attached hydrogens (tertiary/aromatic N) is 4. The minimum absolute atomic E-state index is 0.100. The molecule has 0 aliphatic carbocycles. The van der Waals surface area contributed by atoms with Crippen LogP contribution in [-0.4, -0.2) is 41.7 Å². The third-order valence-corrected chi connectivity index (χ3v) is 5.08. The number of thioether (sulfide) groups is 1. The van der Waals surface area contributed by atoms with Gasteiger partial charge in [0.2, 0.25) is 0 Å². The van der Waals surface area contributed by atoms with Crippen LogP contribution in [0.3, 0.4) is 0 Å². The molecule has 114 valence electrons. The van der Waals surface area contributed by atoms with Crippen molar-refractivity contribution in [2.45, 2.75) is 38.6 Å². The normalized spacial score (nSPS) is 12.6. The molecule has 1 atom stereocenters. The number of carbonyl (C=O) groups is 1. The van der Waals surface area contributed by atoms with Gasteiger partial charge < -0.3 is 10.2 Å². The van der Waals surface area contributed by atoms with Crippen molar-refractivity contribution < 1.29 is 15.0 Å². The van der Waals surface area contributed by atoms with Gasteiger partial charge >= 0.3 is 5.97 Å². The lowest BCUT2D eigenvalue weighted by Crippen LogP contribution is -2.12. The summed E-state index contributed by atoms with van der Waals surface area (Å²) in [6, 6.07) is -0.107. The number of hydrogen-bond donors (Lipinski definition) is 2. The zero-order valence-corrected chi connectivity index (χ0v) is 13.5. The van der Waals surface area contributed by atoms with Crippen LogP contribution in [0, 0.1) is 13.8 Å². The highest BCUT2D eigenvalue weighted by molar-refractivity contribution is 7.99. The Kier molecular flexibility index (Phi) is 4.96. The second-order valence-electron chi connectivity index (χ2n) is 4.47. The number of aryl methyl sites for hydroxylation is 2. The summed E-state index contributed by atoms with van der Waals surface area (Å²) in [6.07, 6.45) is 0. The minimum Gasteiger partial charge on any atom is -0.481 e. The van der Waals surface area contributed by atoms with Crippen molar-refractivity contribution in [3.05, 3.63) is 21.4 Å². The third kappa shape index (κ3) is 3.42. The molecule has 0 bridgehead atoms. The molecule has 2 N–H and O–H groups in total. The fourth-order valence-corrected chi connectivity index (χ4v) is 3.80. The molecule has 0 aliphatic heterocycles. The quantitative estimate of drug-likeness (QED) is 0.777. The first-order chi connectivity index (χ1) is 9.93. The molecule has 2 heterocycles. The molecule has 2 aromatic rings. The number of hydrogen-bond acceptors (Lipinski definition) is 7. The molecule has 2 aromatic heterocycles. The van der Waals surface area contributed by atoms with Crippen LogP contribution >= 0.6 is 23.1 Å². The maximum absolute atomic E-state index is 10.7. The maximum atomic E-state index is 10.7. The van der Waals surface area contributed by atoms with Crippen LogP contribution < -0.4 is 0 Å². The molecule has 0 aromatic carbocycles. The number of carboxylic acid groups (broad SMARTS) is 1. The SMILES string of the molecule is Cc1nc(C)c(C(C)n2c(CO)nnc2SCC(=O)O)s1. The van der Waals surface area contributed by atoms with Gasteiger partial charge in [0.25, 0.3) is 0 Å². The van der Waals surface area contributed by atoms with Crippen LogP contribution in [0.2, 0.25) is 0 Å². The van der Waals surface area contributed by atoms with Crippen LogP contribution in [0.1, 0.15) is 34.4 Å². The van der Waals surface area contributed by atoms with E-state index in [0.717, 1.165) is 27.3 Å². The molecule has 9 heteroatoms. The van der Waals surface area contributed by atoms with Crippen molar-refractivity contribution in [1.29, 1.82) is 0 Å². The van der Waals surface area contributed by atoms with Crippen molar-refractivity contribution in [2.24, 2.45) is 0 Å². The molecule has 21 heavy (non-hydrogen) atoms. The molecule has 1 unspecified atom stereocenters. The molecule has 0 amide bonds. The van der Waals surface area contributed by atoms with Crippen molar-refractivity contribution in [1.82, 2.24) is 19.7 Å². The second kappa shape index (κ2) is 6.54. The Labute approximate surface area is 130 Å². The van der Waals surface area contributed by atoms with Crippen molar-refractivity contribution in [3.8, 4) is 0 Å². The highest BCUT2D eigenvalue weighted by Crippen LogP contribution is 2.31. The van der Waals surface area contributed by atoms with Gasteiger partial charge in [-0.3, -0.25) is 9.36 Å². The number of aliphatic carboxylic acids is 1. The van der Waals surface area contributed by atoms with Gasteiger partial charge in [0.1, 0.15) is 6.61 Å². The van der Waals surface area contributed by atoms with Gasteiger partial charge in [0, 0.05) is 0 Å². The molecule has 0 spiro atoms. The van der Waals surface area contributed by atoms with Gasteiger partial charge in [0.05, 0.1) is 27.4 Å². The number of aromatic nitrogens is 4. The molecular weight excluding hydrogens is 312 g/mol. The lowest BCUT2D eigenvalue weighted by atomic mass is 10.2. The van der Waals surface area contributed by atoms with Gasteiger partial charge in [-0.2, -0.15) is 0 Å². The van der Waals surface area contributed by atoms with E-state index in [2.05, 4.69) is 15.2 Å². The zero-order chi connectivity index (χ0) is 15.6. The Bertz CT molecular complexity index is 653. The standard InChI is InChI=1S/C12H16N4O3S2/c1-6-11(21-8(3)13-6)7(2)16-9(4-17)14-15-12(16)20-5-10(18)19/h7,17H,4-5H2,1-3H3,(H,18,19). The van der Waals surface area contributed by atoms with Crippen LogP contribution in [0.5, 0.6) is 0 Å². The predicted octanol–water partition coefficient (Wildman–Crippen LogP) is 1.63. The Morgan fingerprint density at radius 3 is 2.67 bits per heavy atom. The number of aliphatic hydroxyl groups is 1. The van der Waals surface area contributed by atoms with Crippen LogP contribution in [-0.2, 0) is 11.4 Å². The van der Waals surface area contributed by atoms with Crippen molar-refractivity contribution >= 4 is 29.1 Å². The smallest absolute Gasteiger partial charge is 0.313 e. The molecule has 2 rings (SSSR count). The van der Waals surface area contributed by atoms with E-state index in [1.54, 1.807) is 15.9 Å². The van der Waals surface area contributed by atoms with Gasteiger partial charge in [-0.25, -0.2) is 4.98 Å². The van der Waals surface area contributed by atoms with E-state index in [1.807, 2.05) is 20.8 Å². The Balaban J connectivity index is 2.38. The zero-order valence-electron chi connectivity index (χ0n) is 11.9. The lowest BCUT2D eigenvalue weighted by Gasteiger charge is -2.16. The van der Waals surface area contributed by atoms with Crippen molar-refractivity contribution in [3.63, 3.8) is 0 Å². The Hall–Kier alpha value is -1.45. The molecule has 0 saturated carbocycles. The summed E-state index contributed by atoms with van der Waals surface area (Å²) in [5.41, 5.74) is 0.928. The van der Waals surface area contributed by atoms with E-state index in [1.165, 1.54) is 0 Å². The van der Waals surface area contributed by atoms with Gasteiger partial charge in [-0.1, -0.05) is 11.8 Å². The second-order valence-corrected chi connectivity index (χ2v) is 6.65. The van der Waals surface area contributed by atoms with E-state index in [-0.39, 0.29) is 18.4 Å². The summed E-state index contributed by atoms with van der Waals surface area (Å²) >= 11 is 2.67. The van der Waals surface area contributed by atoms with Gasteiger partial charge in [-0.05, 0) is 20.8 Å². The summed E-state index contributed by atoms with van der Waals surface area (Å²) in [5.74, 6) is -0.602. The minimum atomic E-state index is -0.919. The van der Waals surface area contributed by atoms with E-state index in [4.69, 9.17) is 5.11 Å². The van der Waals surface area contributed by atoms with E-state index < -0.39 is 5.97 Å². The predicted molar refractivity (Wildman–Crippen MR) is 79.7 cm³/mol. The van der Waals surface area contributed by atoms with E-state index in [0.29, 0.717) is 11.0 Å². The van der Waals surface area contributed by atoms with Crippen molar-refractivity contribution in [2.75, 3.05) is 5.75 Å². The molecule has 0 saturated heterocycles. The van der Waals surface area contributed by atoms with Gasteiger partial charge in [0.15, 0.2) is 11.0 Å². The number of carboxylic acids is 1. The van der Waals surface area contributed by atoms with Gasteiger partial charge in [-0.15, -0.1) is 21.5 Å². The molecule has 0 radical (unpaired) electrons. The average Bonchev–Trinajstić information content (AvgIpc) is 2.98. The number of aliphatic hydroxyl groups excluding tert-OH is 1.